The molecular formula is C27H42N2O. The van der Waals surface area contributed by atoms with E-state index >= 15 is 0 Å². The Bertz CT molecular complexity index is 666. The van der Waals surface area contributed by atoms with Crippen LogP contribution in [0.3, 0.4) is 0 Å². The van der Waals surface area contributed by atoms with Crippen LogP contribution in [-0.4, -0.2) is 16.6 Å². The van der Waals surface area contributed by atoms with Gasteiger partial charge in [0.25, 0.3) is 0 Å². The third-order valence-corrected chi connectivity index (χ3v) is 5.74. The zero-order valence-corrected chi connectivity index (χ0v) is 19.5. The highest BCUT2D eigenvalue weighted by Crippen LogP contribution is 2.20. The largest absolute Gasteiger partial charge is 0.490 e. The standard InChI is InChI=1S/C27H42N2O/c1-4-6-8-10-11-13-19-30-26-21-28-27(29-22-26)25-17-15-24(16-18-25)20-23(3)14-12-9-7-5-2/h15-18,21-23H,4-14,19-20H2,1-3H3. The van der Waals surface area contributed by atoms with Gasteiger partial charge in [-0.3, -0.25) is 0 Å². The number of aromatic nitrogens is 2. The lowest BCUT2D eigenvalue weighted by atomic mass is 9.95. The van der Waals surface area contributed by atoms with Gasteiger partial charge in [0.1, 0.15) is 0 Å². The van der Waals surface area contributed by atoms with Crippen LogP contribution in [-0.2, 0) is 6.42 Å². The van der Waals surface area contributed by atoms with E-state index in [9.17, 15) is 0 Å². The van der Waals surface area contributed by atoms with Crippen molar-refractivity contribution >= 4 is 0 Å². The Kier molecular flexibility index (Phi) is 12.2. The SMILES string of the molecule is CCCCCCCCOc1cnc(-c2ccc(CC(C)CCCCCC)cc2)nc1. The molecule has 1 aromatic heterocycles. The van der Waals surface area contributed by atoms with E-state index in [0.717, 1.165) is 42.5 Å². The summed E-state index contributed by atoms with van der Waals surface area (Å²) >= 11 is 0. The first kappa shape index (κ1) is 24.4. The third-order valence-electron chi connectivity index (χ3n) is 5.74. The lowest BCUT2D eigenvalue weighted by Gasteiger charge is -2.11. The number of rotatable bonds is 16. The fourth-order valence-corrected chi connectivity index (χ4v) is 3.83. The third kappa shape index (κ3) is 9.73. The van der Waals surface area contributed by atoms with Crippen molar-refractivity contribution in [2.24, 2.45) is 5.92 Å². The summed E-state index contributed by atoms with van der Waals surface area (Å²) in [6.07, 6.45) is 19.1. The van der Waals surface area contributed by atoms with E-state index in [0.29, 0.717) is 0 Å². The van der Waals surface area contributed by atoms with Gasteiger partial charge in [-0.15, -0.1) is 0 Å². The highest BCUT2D eigenvalue weighted by atomic mass is 16.5. The van der Waals surface area contributed by atoms with Crippen LogP contribution in [0, 0.1) is 5.92 Å². The molecule has 2 aromatic rings. The number of nitrogens with zero attached hydrogens (tertiary/aromatic N) is 2. The van der Waals surface area contributed by atoms with Crippen LogP contribution in [0.2, 0.25) is 0 Å². The van der Waals surface area contributed by atoms with E-state index in [2.05, 4.69) is 55.0 Å². The Morgan fingerprint density at radius 2 is 1.37 bits per heavy atom. The predicted octanol–water partition coefficient (Wildman–Crippen LogP) is 8.03. The van der Waals surface area contributed by atoms with Crippen molar-refractivity contribution < 1.29 is 4.74 Å². The van der Waals surface area contributed by atoms with Gasteiger partial charge in [0, 0.05) is 5.56 Å². The summed E-state index contributed by atoms with van der Waals surface area (Å²) < 4.78 is 5.79. The molecule has 0 radical (unpaired) electrons. The molecule has 0 aliphatic heterocycles. The molecule has 0 aliphatic rings. The van der Waals surface area contributed by atoms with Gasteiger partial charge >= 0.3 is 0 Å². The minimum absolute atomic E-state index is 0.743. The van der Waals surface area contributed by atoms with E-state index in [1.807, 2.05) is 0 Å². The van der Waals surface area contributed by atoms with Crippen molar-refractivity contribution in [3.05, 3.63) is 42.2 Å². The van der Waals surface area contributed by atoms with Crippen LogP contribution in [0.1, 0.15) is 97.0 Å². The molecule has 0 fully saturated rings. The van der Waals surface area contributed by atoms with Crippen LogP contribution in [0.4, 0.5) is 0 Å². The average molecular weight is 411 g/mol. The summed E-state index contributed by atoms with van der Waals surface area (Å²) in [5.74, 6) is 2.27. The summed E-state index contributed by atoms with van der Waals surface area (Å²) in [6.45, 7) is 7.64. The second-order valence-corrected chi connectivity index (χ2v) is 8.71. The van der Waals surface area contributed by atoms with E-state index in [1.54, 1.807) is 12.4 Å². The van der Waals surface area contributed by atoms with E-state index in [4.69, 9.17) is 4.74 Å². The highest BCUT2D eigenvalue weighted by Gasteiger charge is 2.06. The van der Waals surface area contributed by atoms with Crippen molar-refractivity contribution in [1.82, 2.24) is 9.97 Å². The quantitative estimate of drug-likeness (QED) is 0.263. The van der Waals surface area contributed by atoms with Crippen molar-refractivity contribution in [3.8, 4) is 17.1 Å². The Morgan fingerprint density at radius 3 is 2.03 bits per heavy atom. The molecule has 1 heterocycles. The lowest BCUT2D eigenvalue weighted by Crippen LogP contribution is -2.00. The zero-order valence-electron chi connectivity index (χ0n) is 19.5. The summed E-state index contributed by atoms with van der Waals surface area (Å²) in [6, 6.07) is 8.74. The highest BCUT2D eigenvalue weighted by molar-refractivity contribution is 5.55. The van der Waals surface area contributed by atoms with Crippen LogP contribution in [0.25, 0.3) is 11.4 Å². The molecule has 30 heavy (non-hydrogen) atoms. The molecule has 3 heteroatoms. The van der Waals surface area contributed by atoms with Crippen LogP contribution in [0.15, 0.2) is 36.7 Å². The van der Waals surface area contributed by atoms with Crippen LogP contribution in [0.5, 0.6) is 5.75 Å². The summed E-state index contributed by atoms with van der Waals surface area (Å²) in [5.41, 5.74) is 2.47. The summed E-state index contributed by atoms with van der Waals surface area (Å²) in [5, 5.41) is 0. The number of hydrogen-bond acceptors (Lipinski definition) is 3. The molecule has 0 saturated heterocycles. The van der Waals surface area contributed by atoms with Crippen molar-refractivity contribution in [2.45, 2.75) is 97.8 Å². The second kappa shape index (κ2) is 15.0. The smallest absolute Gasteiger partial charge is 0.159 e. The minimum Gasteiger partial charge on any atom is -0.490 e. The molecule has 0 aliphatic carbocycles. The van der Waals surface area contributed by atoms with Gasteiger partial charge in [-0.2, -0.15) is 0 Å². The summed E-state index contributed by atoms with van der Waals surface area (Å²) in [7, 11) is 0. The van der Waals surface area contributed by atoms with Gasteiger partial charge in [-0.1, -0.05) is 109 Å². The number of unbranched alkanes of at least 4 members (excludes halogenated alkanes) is 8. The topological polar surface area (TPSA) is 35.0 Å². The van der Waals surface area contributed by atoms with Crippen molar-refractivity contribution in [1.29, 1.82) is 0 Å². The van der Waals surface area contributed by atoms with Gasteiger partial charge in [-0.25, -0.2) is 9.97 Å². The molecule has 2 rings (SSSR count). The maximum absolute atomic E-state index is 5.79. The molecule has 1 unspecified atom stereocenters. The van der Waals surface area contributed by atoms with Crippen LogP contribution >= 0.6 is 0 Å². The minimum atomic E-state index is 0.743. The molecule has 3 nitrogen and oxygen atoms in total. The number of benzene rings is 1. The molecule has 0 bridgehead atoms. The first-order chi connectivity index (χ1) is 14.7. The molecule has 0 amide bonds. The normalized spacial score (nSPS) is 12.1. The monoisotopic (exact) mass is 410 g/mol. The Balaban J connectivity index is 1.73. The fraction of sp³-hybridized carbons (Fsp3) is 0.630. The average Bonchev–Trinajstić information content (AvgIpc) is 2.77. The zero-order chi connectivity index (χ0) is 21.4. The first-order valence-corrected chi connectivity index (χ1v) is 12.3. The molecule has 0 N–H and O–H groups in total. The van der Waals surface area contributed by atoms with Crippen molar-refractivity contribution in [2.75, 3.05) is 6.61 Å². The van der Waals surface area contributed by atoms with Gasteiger partial charge in [0.2, 0.25) is 0 Å². The molecular weight excluding hydrogens is 368 g/mol. The number of hydrogen-bond donors (Lipinski definition) is 0. The second-order valence-electron chi connectivity index (χ2n) is 8.71. The van der Waals surface area contributed by atoms with Gasteiger partial charge in [-0.05, 0) is 24.3 Å². The van der Waals surface area contributed by atoms with Gasteiger partial charge in [0.05, 0.1) is 19.0 Å². The van der Waals surface area contributed by atoms with E-state index < -0.39 is 0 Å². The molecule has 1 aromatic carbocycles. The van der Waals surface area contributed by atoms with Gasteiger partial charge < -0.3 is 4.74 Å². The molecule has 166 valence electrons. The maximum Gasteiger partial charge on any atom is 0.159 e. The Labute approximate surface area is 184 Å². The molecule has 0 saturated carbocycles. The molecule has 0 spiro atoms. The first-order valence-electron chi connectivity index (χ1n) is 12.3. The Hall–Kier alpha value is -1.90. The van der Waals surface area contributed by atoms with Crippen molar-refractivity contribution in [3.63, 3.8) is 0 Å². The molecule has 1 atom stereocenters. The Morgan fingerprint density at radius 1 is 0.767 bits per heavy atom. The predicted molar refractivity (Wildman–Crippen MR) is 128 cm³/mol. The fourth-order valence-electron chi connectivity index (χ4n) is 3.83. The maximum atomic E-state index is 5.79. The lowest BCUT2D eigenvalue weighted by molar-refractivity contribution is 0.302. The van der Waals surface area contributed by atoms with E-state index in [-0.39, 0.29) is 0 Å². The van der Waals surface area contributed by atoms with E-state index in [1.165, 1.54) is 69.8 Å². The number of ether oxygens (including phenoxy) is 1. The summed E-state index contributed by atoms with van der Waals surface area (Å²) in [4.78, 5) is 9.00. The van der Waals surface area contributed by atoms with Crippen LogP contribution < -0.4 is 4.74 Å². The van der Waals surface area contributed by atoms with Gasteiger partial charge in [0.15, 0.2) is 11.6 Å².